The molecule has 1 amide bonds. The van der Waals surface area contributed by atoms with Crippen LogP contribution in [0.3, 0.4) is 0 Å². The number of hydrogen-bond acceptors (Lipinski definition) is 6. The molecule has 4 aromatic rings. The molecule has 10 nitrogen and oxygen atoms in total. The Labute approximate surface area is 244 Å². The van der Waals surface area contributed by atoms with Gasteiger partial charge in [-0.3, -0.25) is 23.7 Å². The Kier molecular flexibility index (Phi) is 7.85. The van der Waals surface area contributed by atoms with E-state index >= 15 is 0 Å². The maximum absolute atomic E-state index is 14.4. The van der Waals surface area contributed by atoms with Gasteiger partial charge >= 0.3 is 5.69 Å². The van der Waals surface area contributed by atoms with Crippen LogP contribution in [0, 0.1) is 11.8 Å². The van der Waals surface area contributed by atoms with Crippen molar-refractivity contribution in [1.29, 1.82) is 0 Å². The normalized spacial score (nSPS) is 16.0. The van der Waals surface area contributed by atoms with Gasteiger partial charge in [0.2, 0.25) is 0 Å². The van der Waals surface area contributed by atoms with E-state index in [0.29, 0.717) is 47.7 Å². The molecule has 2 fully saturated rings. The highest BCUT2D eigenvalue weighted by Crippen LogP contribution is 2.33. The molecule has 2 saturated heterocycles. The van der Waals surface area contributed by atoms with Crippen LogP contribution >= 0.6 is 0 Å². The molecular formula is C32H37N7O3. The summed E-state index contributed by atoms with van der Waals surface area (Å²) in [5.74, 6) is 6.65. The van der Waals surface area contributed by atoms with Gasteiger partial charge in [-0.05, 0) is 50.6 Å². The number of nitrogens with zero attached hydrogens (tertiary/aromatic N) is 6. The zero-order valence-corrected chi connectivity index (χ0v) is 24.4. The summed E-state index contributed by atoms with van der Waals surface area (Å²) in [7, 11) is 1.66. The number of likely N-dealkylation sites (tertiary alicyclic amines) is 1. The number of pyridine rings is 1. The summed E-state index contributed by atoms with van der Waals surface area (Å²) >= 11 is 0. The van der Waals surface area contributed by atoms with Crippen molar-refractivity contribution < 1.29 is 4.79 Å². The van der Waals surface area contributed by atoms with Crippen molar-refractivity contribution >= 4 is 33.5 Å². The average Bonchev–Trinajstić information content (AvgIpc) is 3.14. The predicted molar refractivity (Wildman–Crippen MR) is 165 cm³/mol. The molecule has 42 heavy (non-hydrogen) atoms. The van der Waals surface area contributed by atoms with E-state index in [-0.39, 0.29) is 19.0 Å². The van der Waals surface area contributed by atoms with Crippen molar-refractivity contribution in [3.8, 4) is 11.8 Å². The quantitative estimate of drug-likeness (QED) is 0.373. The van der Waals surface area contributed by atoms with Crippen LogP contribution in [0.15, 0.2) is 46.1 Å². The van der Waals surface area contributed by atoms with E-state index in [1.807, 2.05) is 39.8 Å². The van der Waals surface area contributed by atoms with Crippen LogP contribution in [0.2, 0.25) is 0 Å². The van der Waals surface area contributed by atoms with Crippen molar-refractivity contribution in [3.05, 3.63) is 68.6 Å². The molecule has 1 aromatic carbocycles. The van der Waals surface area contributed by atoms with E-state index in [2.05, 4.69) is 27.0 Å². The molecule has 6 rings (SSSR count). The Morgan fingerprint density at radius 3 is 2.57 bits per heavy atom. The molecule has 0 spiro atoms. The third-order valence-electron chi connectivity index (χ3n) is 8.49. The van der Waals surface area contributed by atoms with E-state index in [4.69, 9.17) is 0 Å². The number of carbonyl (C=O) groups is 1. The first kappa shape index (κ1) is 27.8. The van der Waals surface area contributed by atoms with Crippen LogP contribution in [0.1, 0.15) is 48.7 Å². The average molecular weight is 568 g/mol. The van der Waals surface area contributed by atoms with E-state index < -0.39 is 11.2 Å². The molecule has 218 valence electrons. The van der Waals surface area contributed by atoms with Gasteiger partial charge in [-0.1, -0.05) is 30.2 Å². The molecule has 2 aliphatic rings. The van der Waals surface area contributed by atoms with Gasteiger partial charge in [0.25, 0.3) is 11.5 Å². The van der Waals surface area contributed by atoms with Crippen molar-refractivity contribution in [2.24, 2.45) is 7.05 Å². The van der Waals surface area contributed by atoms with Crippen molar-refractivity contribution in [2.75, 3.05) is 44.2 Å². The first-order valence-corrected chi connectivity index (χ1v) is 14.8. The Bertz CT molecular complexity index is 1820. The fourth-order valence-electron chi connectivity index (χ4n) is 6.38. The molecule has 10 heteroatoms. The van der Waals surface area contributed by atoms with Crippen LogP contribution in [-0.2, 0) is 20.1 Å². The monoisotopic (exact) mass is 567 g/mol. The maximum Gasteiger partial charge on any atom is 0.331 e. The Hall–Kier alpha value is -4.36. The van der Waals surface area contributed by atoms with Crippen LogP contribution in [0.5, 0.6) is 0 Å². The zero-order chi connectivity index (χ0) is 29.2. The van der Waals surface area contributed by atoms with E-state index in [0.717, 1.165) is 56.1 Å². The standard InChI is InChI=1S/C32H37N7O3/c1-3-4-20-38-28-27(26(30(40)37-17-8-5-9-18-37)29(38)36-19-10-14-33-16-21-36)35(2)32(42)39(31(28)41)22-25-24-12-7-6-11-23(24)13-15-34-25/h6-7,11-13,15,33H,5,8-10,14,16-22H2,1-2H3. The Morgan fingerprint density at radius 2 is 1.76 bits per heavy atom. The Morgan fingerprint density at radius 1 is 0.952 bits per heavy atom. The number of fused-ring (bicyclic) bond motifs is 2. The molecule has 1 N–H and O–H groups in total. The van der Waals surface area contributed by atoms with Gasteiger partial charge in [-0.15, -0.1) is 5.92 Å². The van der Waals surface area contributed by atoms with Gasteiger partial charge in [0.15, 0.2) is 0 Å². The highest BCUT2D eigenvalue weighted by molar-refractivity contribution is 6.11. The fourth-order valence-corrected chi connectivity index (χ4v) is 6.38. The molecule has 0 unspecified atom stereocenters. The van der Waals surface area contributed by atoms with Crippen molar-refractivity contribution in [2.45, 2.75) is 45.7 Å². The molecule has 5 heterocycles. The number of nitrogens with one attached hydrogen (secondary N) is 1. The van der Waals surface area contributed by atoms with Gasteiger partial charge in [-0.25, -0.2) is 4.79 Å². The molecule has 0 atom stereocenters. The molecule has 3 aromatic heterocycles. The lowest BCUT2D eigenvalue weighted by Crippen LogP contribution is -2.41. The first-order valence-electron chi connectivity index (χ1n) is 14.8. The second-order valence-electron chi connectivity index (χ2n) is 11.1. The minimum Gasteiger partial charge on any atom is -0.356 e. The van der Waals surface area contributed by atoms with E-state index in [1.165, 1.54) is 9.13 Å². The summed E-state index contributed by atoms with van der Waals surface area (Å²) in [4.78, 5) is 51.4. The zero-order valence-electron chi connectivity index (χ0n) is 24.4. The van der Waals surface area contributed by atoms with E-state index in [9.17, 15) is 14.4 Å². The molecule has 0 saturated carbocycles. The third kappa shape index (κ3) is 4.88. The minimum atomic E-state index is -0.474. The predicted octanol–water partition coefficient (Wildman–Crippen LogP) is 2.55. The number of piperidine rings is 1. The van der Waals surface area contributed by atoms with Crippen LogP contribution < -0.4 is 21.5 Å². The van der Waals surface area contributed by atoms with Crippen molar-refractivity contribution in [3.63, 3.8) is 0 Å². The number of anilines is 1. The smallest absolute Gasteiger partial charge is 0.331 e. The summed E-state index contributed by atoms with van der Waals surface area (Å²) in [6.07, 6.45) is 5.57. The number of hydrogen-bond donors (Lipinski definition) is 1. The molecular weight excluding hydrogens is 530 g/mol. The van der Waals surface area contributed by atoms with E-state index in [1.54, 1.807) is 20.2 Å². The second-order valence-corrected chi connectivity index (χ2v) is 11.1. The molecule has 0 aliphatic carbocycles. The highest BCUT2D eigenvalue weighted by Gasteiger charge is 2.34. The lowest BCUT2D eigenvalue weighted by molar-refractivity contribution is 0.0726. The fraction of sp³-hybridized carbons (Fsp3) is 0.438. The van der Waals surface area contributed by atoms with Gasteiger partial charge in [0.05, 0.1) is 24.3 Å². The first-order chi connectivity index (χ1) is 20.5. The number of carbonyl (C=O) groups excluding carboxylic acids is 1. The number of amides is 1. The lowest BCUT2D eigenvalue weighted by atomic mass is 10.1. The van der Waals surface area contributed by atoms with Gasteiger partial charge in [0, 0.05) is 51.4 Å². The minimum absolute atomic E-state index is 0.0197. The SMILES string of the molecule is CC#CCn1c(N2CCCNCC2)c(C(=O)N2CCCCC2)c2c1c(=O)n(Cc1nccc3ccccc13)c(=O)n2C. The van der Waals surface area contributed by atoms with Gasteiger partial charge in [0.1, 0.15) is 16.9 Å². The number of rotatable bonds is 5. The number of aromatic nitrogens is 4. The summed E-state index contributed by atoms with van der Waals surface area (Å²) in [6, 6.07) is 9.73. The van der Waals surface area contributed by atoms with Gasteiger partial charge in [-0.2, -0.15) is 0 Å². The Balaban J connectivity index is 1.63. The number of aryl methyl sites for hydroxylation is 1. The van der Waals surface area contributed by atoms with Crippen LogP contribution in [-0.4, -0.2) is 68.8 Å². The topological polar surface area (TPSA) is 97.4 Å². The lowest BCUT2D eigenvalue weighted by Gasteiger charge is -2.29. The molecule has 0 bridgehead atoms. The molecule has 2 aliphatic heterocycles. The van der Waals surface area contributed by atoms with Crippen LogP contribution in [0.4, 0.5) is 5.82 Å². The summed E-state index contributed by atoms with van der Waals surface area (Å²) in [5.41, 5.74) is 0.867. The van der Waals surface area contributed by atoms with Crippen LogP contribution in [0.25, 0.3) is 21.8 Å². The summed E-state index contributed by atoms with van der Waals surface area (Å²) in [5, 5.41) is 5.31. The maximum atomic E-state index is 14.4. The molecule has 0 radical (unpaired) electrons. The summed E-state index contributed by atoms with van der Waals surface area (Å²) < 4.78 is 4.60. The van der Waals surface area contributed by atoms with Crippen molar-refractivity contribution in [1.82, 2.24) is 28.9 Å². The second kappa shape index (κ2) is 11.9. The third-order valence-corrected chi connectivity index (χ3v) is 8.49. The highest BCUT2D eigenvalue weighted by atomic mass is 16.2. The van der Waals surface area contributed by atoms with Gasteiger partial charge < -0.3 is 19.7 Å². The largest absolute Gasteiger partial charge is 0.356 e. The number of benzene rings is 1. The summed E-state index contributed by atoms with van der Waals surface area (Å²) in [6.45, 7) is 6.40.